The molecule has 0 aromatic rings. The van der Waals surface area contributed by atoms with E-state index in [2.05, 4.69) is 8.37 Å². The van der Waals surface area contributed by atoms with Crippen LogP contribution in [0.5, 0.6) is 0 Å². The number of hydrogen-bond acceptors (Lipinski definition) is 17. The highest BCUT2D eigenvalue weighted by molar-refractivity contribution is 7.81. The highest BCUT2D eigenvalue weighted by atomic mass is 32.3. The first-order chi connectivity index (χ1) is 19.4. The van der Waals surface area contributed by atoms with Crippen LogP contribution in [0.1, 0.15) is 6.92 Å². The van der Waals surface area contributed by atoms with Crippen LogP contribution in [0.2, 0.25) is 0 Å². The van der Waals surface area contributed by atoms with Crippen LogP contribution in [0.25, 0.3) is 0 Å². The van der Waals surface area contributed by atoms with Gasteiger partial charge in [-0.15, -0.1) is 0 Å². The van der Waals surface area contributed by atoms with E-state index < -0.39 is 126 Å². The van der Waals surface area contributed by atoms with Crippen molar-refractivity contribution in [2.45, 2.75) is 68.3 Å². The summed E-state index contributed by atoms with van der Waals surface area (Å²) in [6, 6.07) is 0. The normalized spacial score (nSPS) is 39.8. The van der Waals surface area contributed by atoms with E-state index >= 15 is 0 Å². The molecule has 42 heavy (non-hydrogen) atoms. The first kappa shape index (κ1) is 34.9. The molecule has 8 unspecified atom stereocenters. The van der Waals surface area contributed by atoms with Gasteiger partial charge < -0.3 is 54.3 Å². The summed E-state index contributed by atoms with van der Waals surface area (Å²) in [5.41, 5.74) is 0. The highest BCUT2D eigenvalue weighted by Crippen LogP contribution is 2.32. The lowest BCUT2D eigenvalue weighted by Gasteiger charge is -2.43. The van der Waals surface area contributed by atoms with Gasteiger partial charge in [-0.05, 0) is 13.0 Å². The van der Waals surface area contributed by atoms with Crippen molar-refractivity contribution >= 4 is 26.8 Å². The lowest BCUT2D eigenvalue weighted by molar-refractivity contribution is -0.298. The molecule has 244 valence electrons. The van der Waals surface area contributed by atoms with Gasteiger partial charge in [-0.1, -0.05) is 0 Å². The summed E-state index contributed by atoms with van der Waals surface area (Å²) >= 11 is 0. The van der Waals surface area contributed by atoms with Crippen molar-refractivity contribution in [1.29, 1.82) is 0 Å². The fourth-order valence-electron chi connectivity index (χ4n) is 4.45. The average molecular weight is 657 g/mol. The molecule has 0 aliphatic carbocycles. The zero-order chi connectivity index (χ0) is 31.6. The Hall–Kier alpha value is -1.61. The Labute approximate surface area is 238 Å². The van der Waals surface area contributed by atoms with Crippen molar-refractivity contribution in [3.63, 3.8) is 0 Å². The number of carboxylic acid groups (broad SMARTS) is 1. The summed E-state index contributed by atoms with van der Waals surface area (Å²) in [6.07, 6.45) is -15.8. The predicted molar refractivity (Wildman–Crippen MR) is 128 cm³/mol. The number of carboxylic acids is 1. The summed E-state index contributed by atoms with van der Waals surface area (Å²) in [7, 11) is -10.1. The van der Waals surface area contributed by atoms with Crippen LogP contribution in [0.4, 0.5) is 0 Å². The zero-order valence-corrected chi connectivity index (χ0v) is 23.3. The van der Waals surface area contributed by atoms with Gasteiger partial charge >= 0.3 is 26.8 Å². The van der Waals surface area contributed by atoms with Gasteiger partial charge in [-0.2, -0.15) is 16.8 Å². The minimum absolute atomic E-state index is 0.310. The smallest absolute Gasteiger partial charge is 0.397 e. The molecule has 0 aromatic carbocycles. The predicted octanol–water partition coefficient (Wildman–Crippen LogP) is -4.47. The third-order valence-electron chi connectivity index (χ3n) is 6.68. The number of aliphatic hydroxyl groups excluding tert-OH is 5. The van der Waals surface area contributed by atoms with E-state index in [4.69, 9.17) is 37.9 Å². The first-order valence-electron chi connectivity index (χ1n) is 12.2. The lowest BCUT2D eigenvalue weighted by atomic mass is 9.84. The molecule has 0 radical (unpaired) electrons. The average Bonchev–Trinajstić information content (AvgIpc) is 2.87. The maximum atomic E-state index is 11.2. The molecule has 22 heteroatoms. The van der Waals surface area contributed by atoms with E-state index in [-0.39, 0.29) is 6.61 Å². The molecule has 3 rings (SSSR count). The van der Waals surface area contributed by atoms with Gasteiger partial charge in [-0.3, -0.25) is 9.11 Å². The number of carbonyl (C=O) groups is 1. The van der Waals surface area contributed by atoms with Gasteiger partial charge in [0.25, 0.3) is 0 Å². The van der Waals surface area contributed by atoms with Crippen LogP contribution in [0.3, 0.4) is 0 Å². The summed E-state index contributed by atoms with van der Waals surface area (Å²) in [6.45, 7) is -0.879. The van der Waals surface area contributed by atoms with Crippen molar-refractivity contribution in [2.24, 2.45) is 11.8 Å². The van der Waals surface area contributed by atoms with Gasteiger partial charge in [0.15, 0.2) is 6.29 Å². The molecule has 12 atom stereocenters. The molecular weight excluding hydrogens is 624 g/mol. The van der Waals surface area contributed by atoms with Crippen molar-refractivity contribution in [2.75, 3.05) is 26.4 Å². The van der Waals surface area contributed by atoms with E-state index in [1.807, 2.05) is 0 Å². The minimum Gasteiger partial charge on any atom is -0.475 e. The number of ether oxygens (including phenoxy) is 5. The second-order valence-electron chi connectivity index (χ2n) is 9.65. The van der Waals surface area contributed by atoms with Crippen LogP contribution in [-0.4, -0.2) is 150 Å². The fourth-order valence-corrected chi connectivity index (χ4v) is 5.26. The van der Waals surface area contributed by atoms with Crippen molar-refractivity contribution < 1.29 is 93.4 Å². The van der Waals surface area contributed by atoms with Crippen LogP contribution in [0.15, 0.2) is 11.8 Å². The van der Waals surface area contributed by atoms with Gasteiger partial charge in [0.1, 0.15) is 36.6 Å². The molecular formula is C20H32O20S2. The molecule has 0 aromatic heterocycles. The van der Waals surface area contributed by atoms with Crippen LogP contribution in [-0.2, 0) is 57.6 Å². The van der Waals surface area contributed by atoms with Crippen LogP contribution in [0, 0.1) is 11.8 Å². The minimum atomic E-state index is -5.13. The fraction of sp³-hybridized carbons (Fsp3) is 0.850. The van der Waals surface area contributed by atoms with Crippen molar-refractivity contribution in [1.82, 2.24) is 0 Å². The van der Waals surface area contributed by atoms with Crippen LogP contribution >= 0.6 is 0 Å². The Kier molecular flexibility index (Phi) is 11.6. The SMILES string of the molecule is CC1O[C@@H](OCC2C(CO[C@@H]3OC(C(=O)O)=CC(O)C3O)COC(COS(=O)(=O)O)[C@H]2O)C(O)C(OS(=O)(=O)O)[C@@H]1O. The second kappa shape index (κ2) is 14.0. The summed E-state index contributed by atoms with van der Waals surface area (Å²) < 4.78 is 97.7. The summed E-state index contributed by atoms with van der Waals surface area (Å²) in [5.74, 6) is -4.27. The number of aliphatic hydroxyl groups is 5. The Morgan fingerprint density at radius 3 is 2.14 bits per heavy atom. The monoisotopic (exact) mass is 656 g/mol. The Balaban J connectivity index is 1.75. The zero-order valence-electron chi connectivity index (χ0n) is 21.6. The Bertz CT molecular complexity index is 1170. The summed E-state index contributed by atoms with van der Waals surface area (Å²) in [4.78, 5) is 11.2. The number of aliphatic carboxylic acids is 1. The van der Waals surface area contributed by atoms with E-state index in [0.29, 0.717) is 0 Å². The molecule has 0 spiro atoms. The van der Waals surface area contributed by atoms with E-state index in [9.17, 15) is 47.2 Å². The molecule has 2 saturated heterocycles. The molecule has 3 aliphatic rings. The van der Waals surface area contributed by atoms with E-state index in [0.717, 1.165) is 6.08 Å². The topological polar surface area (TPSA) is 312 Å². The third kappa shape index (κ3) is 9.20. The van der Waals surface area contributed by atoms with Crippen molar-refractivity contribution in [3.8, 4) is 0 Å². The highest BCUT2D eigenvalue weighted by Gasteiger charge is 2.48. The Morgan fingerprint density at radius 1 is 0.905 bits per heavy atom. The van der Waals surface area contributed by atoms with Gasteiger partial charge in [0.2, 0.25) is 12.0 Å². The van der Waals surface area contributed by atoms with E-state index in [1.54, 1.807) is 0 Å². The molecule has 3 aliphatic heterocycles. The largest absolute Gasteiger partial charge is 0.475 e. The molecule has 2 fully saturated rings. The Morgan fingerprint density at radius 2 is 1.55 bits per heavy atom. The molecule has 8 N–H and O–H groups in total. The molecule has 20 nitrogen and oxygen atoms in total. The maximum Gasteiger partial charge on any atom is 0.397 e. The standard InChI is InChI=1S/C20H32O20S2/c1-7-13(22)17(40-42(31,32)33)16(25)20(38-7)36-5-9-8(3-34-12(14(9)23)6-37-41(28,29)30)4-35-19-15(24)10(21)2-11(39-19)18(26)27/h2,7-10,12-17,19-25H,3-6H2,1H3,(H,26,27)(H,28,29,30)(H,31,32,33)/t7?,8?,9?,10?,12?,13-,14+,15?,16?,17?,19-,20-/m1/s1. The number of hydrogen-bond donors (Lipinski definition) is 8. The quantitative estimate of drug-likeness (QED) is 0.0918. The second-order valence-corrected chi connectivity index (χ2v) is 11.8. The molecule has 0 bridgehead atoms. The maximum absolute atomic E-state index is 11.2. The molecule has 3 heterocycles. The number of rotatable bonds is 12. The molecule has 0 saturated carbocycles. The first-order valence-corrected chi connectivity index (χ1v) is 14.9. The van der Waals surface area contributed by atoms with Crippen LogP contribution < -0.4 is 0 Å². The summed E-state index contributed by atoms with van der Waals surface area (Å²) in [5, 5.41) is 60.8. The van der Waals surface area contributed by atoms with Crippen molar-refractivity contribution in [3.05, 3.63) is 11.8 Å². The van der Waals surface area contributed by atoms with Gasteiger partial charge in [0, 0.05) is 11.8 Å². The third-order valence-corrected chi connectivity index (χ3v) is 7.58. The van der Waals surface area contributed by atoms with Gasteiger partial charge in [0.05, 0.1) is 38.6 Å². The van der Waals surface area contributed by atoms with E-state index in [1.165, 1.54) is 6.92 Å². The van der Waals surface area contributed by atoms with Gasteiger partial charge in [-0.25, -0.2) is 13.2 Å². The molecule has 0 amide bonds. The lowest BCUT2D eigenvalue weighted by Crippen LogP contribution is -2.59.